The van der Waals surface area contributed by atoms with Gasteiger partial charge in [0.1, 0.15) is 0 Å². The smallest absolute Gasteiger partial charge is 0.325 e. The minimum Gasteiger partial charge on any atom is -0.351 e. The Bertz CT molecular complexity index is 763. The molecule has 2 heterocycles. The Labute approximate surface area is 132 Å². The fourth-order valence-electron chi connectivity index (χ4n) is 1.89. The molecule has 0 spiro atoms. The number of rotatable bonds is 5. The number of hydrogen-bond acceptors (Lipinski definition) is 4. The number of halogens is 1. The van der Waals surface area contributed by atoms with Crippen LogP contribution in [0.3, 0.4) is 0 Å². The molecule has 6 nitrogen and oxygen atoms in total. The molecule has 0 fully saturated rings. The first-order valence-corrected chi connectivity index (χ1v) is 7.89. The number of H-pyrrole nitrogens is 2. The van der Waals surface area contributed by atoms with Crippen LogP contribution in [0.1, 0.15) is 22.6 Å². The van der Waals surface area contributed by atoms with Crippen LogP contribution < -0.4 is 16.6 Å². The Morgan fingerprint density at radius 3 is 2.71 bits per heavy atom. The summed E-state index contributed by atoms with van der Waals surface area (Å²) in [6.07, 6.45) is 0.487. The number of thiophene rings is 1. The Kier molecular flexibility index (Phi) is 5.13. The average Bonchev–Trinajstić information content (AvgIpc) is 2.81. The molecular weight excluding hydrogens is 358 g/mol. The highest BCUT2D eigenvalue weighted by Gasteiger charge is 2.09. The molecule has 2 aromatic heterocycles. The van der Waals surface area contributed by atoms with E-state index in [0.717, 1.165) is 8.66 Å². The number of carbonyl (C=O) groups excluding carboxylic acids is 1. The summed E-state index contributed by atoms with van der Waals surface area (Å²) in [7, 11) is 0. The van der Waals surface area contributed by atoms with Crippen LogP contribution in [0.25, 0.3) is 0 Å². The standard InChI is InChI=1S/C13H14BrN3O3S/c1-7-9(12(19)17-13(20)16-7)3-5-11(18)15-6-8-2-4-10(14)21-8/h2,4H,3,5-6H2,1H3,(H,15,18)(H2,16,17,19,20). The van der Waals surface area contributed by atoms with E-state index in [-0.39, 0.29) is 18.7 Å². The zero-order valence-corrected chi connectivity index (χ0v) is 13.7. The summed E-state index contributed by atoms with van der Waals surface area (Å²) in [5.74, 6) is -0.135. The number of amides is 1. The van der Waals surface area contributed by atoms with E-state index >= 15 is 0 Å². The van der Waals surface area contributed by atoms with E-state index in [4.69, 9.17) is 0 Å². The van der Waals surface area contributed by atoms with Crippen LogP contribution in [0.4, 0.5) is 0 Å². The van der Waals surface area contributed by atoms with E-state index in [0.29, 0.717) is 17.8 Å². The van der Waals surface area contributed by atoms with Crippen LogP contribution in [0, 0.1) is 6.92 Å². The molecule has 0 aliphatic rings. The van der Waals surface area contributed by atoms with Gasteiger partial charge in [0.05, 0.1) is 10.3 Å². The second-order valence-corrected chi connectivity index (χ2v) is 7.04. The van der Waals surface area contributed by atoms with Crippen molar-refractivity contribution in [3.63, 3.8) is 0 Å². The second-order valence-electron chi connectivity index (χ2n) is 4.49. The van der Waals surface area contributed by atoms with E-state index in [9.17, 15) is 14.4 Å². The molecule has 0 unspecified atom stereocenters. The molecule has 0 bridgehead atoms. The van der Waals surface area contributed by atoms with Crippen LogP contribution in [0.15, 0.2) is 25.5 Å². The summed E-state index contributed by atoms with van der Waals surface area (Å²) in [5, 5.41) is 2.80. The van der Waals surface area contributed by atoms with Gasteiger partial charge in [-0.1, -0.05) is 0 Å². The van der Waals surface area contributed by atoms with Crippen molar-refractivity contribution in [3.05, 3.63) is 52.9 Å². The average molecular weight is 372 g/mol. The Morgan fingerprint density at radius 1 is 1.33 bits per heavy atom. The minimum atomic E-state index is -0.533. The van der Waals surface area contributed by atoms with Gasteiger partial charge in [-0.2, -0.15) is 0 Å². The van der Waals surface area contributed by atoms with Gasteiger partial charge >= 0.3 is 5.69 Å². The predicted octanol–water partition coefficient (Wildman–Crippen LogP) is 1.44. The van der Waals surface area contributed by atoms with Crippen molar-refractivity contribution in [1.82, 2.24) is 15.3 Å². The molecule has 2 rings (SSSR count). The van der Waals surface area contributed by atoms with Gasteiger partial charge in [0, 0.05) is 22.6 Å². The van der Waals surface area contributed by atoms with Crippen LogP contribution in [-0.2, 0) is 17.8 Å². The molecule has 0 radical (unpaired) electrons. The van der Waals surface area contributed by atoms with Crippen LogP contribution in [-0.4, -0.2) is 15.9 Å². The maximum absolute atomic E-state index is 11.8. The third-order valence-electron chi connectivity index (χ3n) is 2.95. The first kappa shape index (κ1) is 15.7. The summed E-state index contributed by atoms with van der Waals surface area (Å²) in [6, 6.07) is 3.86. The molecule has 0 aromatic carbocycles. The van der Waals surface area contributed by atoms with Gasteiger partial charge in [0.2, 0.25) is 5.91 Å². The van der Waals surface area contributed by atoms with Crippen molar-refractivity contribution in [3.8, 4) is 0 Å². The van der Waals surface area contributed by atoms with E-state index < -0.39 is 11.2 Å². The molecule has 0 aliphatic heterocycles. The van der Waals surface area contributed by atoms with Gasteiger partial charge in [-0.15, -0.1) is 11.3 Å². The van der Waals surface area contributed by atoms with E-state index in [1.165, 1.54) is 0 Å². The number of aryl methyl sites for hydroxylation is 1. The first-order chi connectivity index (χ1) is 9.95. The van der Waals surface area contributed by atoms with Gasteiger partial charge < -0.3 is 10.3 Å². The molecule has 3 N–H and O–H groups in total. The van der Waals surface area contributed by atoms with Gasteiger partial charge in [-0.3, -0.25) is 14.6 Å². The van der Waals surface area contributed by atoms with Crippen LogP contribution in [0.2, 0.25) is 0 Å². The lowest BCUT2D eigenvalue weighted by atomic mass is 10.1. The highest BCUT2D eigenvalue weighted by Crippen LogP contribution is 2.21. The second kappa shape index (κ2) is 6.86. The lowest BCUT2D eigenvalue weighted by Crippen LogP contribution is -2.29. The van der Waals surface area contributed by atoms with Crippen LogP contribution >= 0.6 is 27.3 Å². The normalized spacial score (nSPS) is 10.6. The molecule has 8 heteroatoms. The third kappa shape index (κ3) is 4.40. The van der Waals surface area contributed by atoms with Crippen molar-refractivity contribution < 1.29 is 4.79 Å². The Hall–Kier alpha value is -1.67. The minimum absolute atomic E-state index is 0.135. The van der Waals surface area contributed by atoms with Crippen molar-refractivity contribution >= 4 is 33.2 Å². The number of hydrogen-bond donors (Lipinski definition) is 3. The summed E-state index contributed by atoms with van der Waals surface area (Å²) >= 11 is 4.92. The van der Waals surface area contributed by atoms with E-state index in [1.807, 2.05) is 12.1 Å². The number of aromatic nitrogens is 2. The summed E-state index contributed by atoms with van der Waals surface area (Å²) in [5.41, 5.74) is -0.0393. The molecule has 0 saturated carbocycles. The first-order valence-electron chi connectivity index (χ1n) is 6.28. The lowest BCUT2D eigenvalue weighted by molar-refractivity contribution is -0.121. The van der Waals surface area contributed by atoms with Crippen molar-refractivity contribution in [1.29, 1.82) is 0 Å². The van der Waals surface area contributed by atoms with E-state index in [1.54, 1.807) is 18.3 Å². The Morgan fingerprint density at radius 2 is 2.10 bits per heavy atom. The maximum atomic E-state index is 11.8. The van der Waals surface area contributed by atoms with Gasteiger partial charge in [0.25, 0.3) is 5.56 Å². The van der Waals surface area contributed by atoms with Crippen molar-refractivity contribution in [2.24, 2.45) is 0 Å². The fraction of sp³-hybridized carbons (Fsp3) is 0.308. The maximum Gasteiger partial charge on any atom is 0.325 e. The fourth-order valence-corrected chi connectivity index (χ4v) is 3.31. The SMILES string of the molecule is Cc1[nH]c(=O)[nH]c(=O)c1CCC(=O)NCc1ccc(Br)s1. The van der Waals surface area contributed by atoms with Gasteiger partial charge in [-0.05, 0) is 41.4 Å². The largest absolute Gasteiger partial charge is 0.351 e. The molecular formula is C13H14BrN3O3S. The highest BCUT2D eigenvalue weighted by atomic mass is 79.9. The van der Waals surface area contributed by atoms with Crippen molar-refractivity contribution in [2.75, 3.05) is 0 Å². The molecule has 21 heavy (non-hydrogen) atoms. The quantitative estimate of drug-likeness (QED) is 0.741. The molecule has 0 atom stereocenters. The zero-order chi connectivity index (χ0) is 15.4. The number of nitrogens with one attached hydrogen (secondary N) is 3. The predicted molar refractivity (Wildman–Crippen MR) is 84.6 cm³/mol. The summed E-state index contributed by atoms with van der Waals surface area (Å²) in [4.78, 5) is 40.2. The summed E-state index contributed by atoms with van der Waals surface area (Å²) in [6.45, 7) is 2.11. The zero-order valence-electron chi connectivity index (χ0n) is 11.3. The molecule has 0 aliphatic carbocycles. The monoisotopic (exact) mass is 371 g/mol. The molecule has 112 valence electrons. The number of aromatic amines is 2. The third-order valence-corrected chi connectivity index (χ3v) is 4.57. The van der Waals surface area contributed by atoms with E-state index in [2.05, 4.69) is 31.2 Å². The molecule has 1 amide bonds. The summed E-state index contributed by atoms with van der Waals surface area (Å²) < 4.78 is 1.02. The highest BCUT2D eigenvalue weighted by molar-refractivity contribution is 9.11. The van der Waals surface area contributed by atoms with Gasteiger partial charge in [0.15, 0.2) is 0 Å². The topological polar surface area (TPSA) is 94.8 Å². The molecule has 2 aromatic rings. The number of carbonyl (C=O) groups is 1. The van der Waals surface area contributed by atoms with Gasteiger partial charge in [-0.25, -0.2) is 4.79 Å². The van der Waals surface area contributed by atoms with Crippen molar-refractivity contribution in [2.45, 2.75) is 26.3 Å². The molecule has 0 saturated heterocycles. The Balaban J connectivity index is 1.90. The lowest BCUT2D eigenvalue weighted by Gasteiger charge is -2.05. The van der Waals surface area contributed by atoms with Crippen LogP contribution in [0.5, 0.6) is 0 Å².